The topological polar surface area (TPSA) is 92.4 Å². The van der Waals surface area contributed by atoms with Gasteiger partial charge < -0.3 is 9.63 Å². The zero-order valence-electron chi connectivity index (χ0n) is 11.4. The number of hydrogen-bond acceptors (Lipinski definition) is 6. The van der Waals surface area contributed by atoms with Gasteiger partial charge in [0.2, 0.25) is 11.7 Å². The first-order chi connectivity index (χ1) is 9.56. The highest BCUT2D eigenvalue weighted by Gasteiger charge is 2.16. The fourth-order valence-electron chi connectivity index (χ4n) is 1.76. The van der Waals surface area contributed by atoms with Crippen molar-refractivity contribution in [2.75, 3.05) is 13.6 Å². The predicted octanol–water partition coefficient (Wildman–Crippen LogP) is 1.28. The van der Waals surface area contributed by atoms with E-state index in [-0.39, 0.29) is 0 Å². The summed E-state index contributed by atoms with van der Waals surface area (Å²) in [6.45, 7) is 2.47. The molecular formula is C13H16N4O3. The first kappa shape index (κ1) is 14.1. The van der Waals surface area contributed by atoms with E-state index in [4.69, 9.17) is 9.63 Å². The number of aliphatic carboxylic acids is 1. The molecule has 106 valence electrons. The molecule has 2 aromatic rings. The first-order valence-corrected chi connectivity index (χ1v) is 6.21. The van der Waals surface area contributed by atoms with E-state index in [1.165, 1.54) is 0 Å². The lowest BCUT2D eigenvalue weighted by atomic mass is 10.2. The highest BCUT2D eigenvalue weighted by Crippen LogP contribution is 2.13. The molecule has 0 saturated carbocycles. The zero-order valence-corrected chi connectivity index (χ0v) is 11.4. The summed E-state index contributed by atoms with van der Waals surface area (Å²) >= 11 is 0. The molecule has 0 bridgehead atoms. The van der Waals surface area contributed by atoms with Crippen molar-refractivity contribution in [2.45, 2.75) is 13.5 Å². The summed E-state index contributed by atoms with van der Waals surface area (Å²) in [6, 6.07) is 5.45. The average molecular weight is 276 g/mol. The number of pyridine rings is 1. The predicted molar refractivity (Wildman–Crippen MR) is 70.7 cm³/mol. The van der Waals surface area contributed by atoms with E-state index in [1.807, 2.05) is 24.1 Å². The number of rotatable bonds is 6. The van der Waals surface area contributed by atoms with Gasteiger partial charge in [0.25, 0.3) is 0 Å². The van der Waals surface area contributed by atoms with Crippen molar-refractivity contribution in [3.63, 3.8) is 0 Å². The molecule has 1 N–H and O–H groups in total. The Labute approximate surface area is 116 Å². The van der Waals surface area contributed by atoms with Crippen LogP contribution in [0.4, 0.5) is 0 Å². The lowest BCUT2D eigenvalue weighted by Crippen LogP contribution is -2.28. The summed E-state index contributed by atoms with van der Waals surface area (Å²) in [5.74, 6) is -0.402. The Hall–Kier alpha value is -2.28. The van der Waals surface area contributed by atoms with Gasteiger partial charge in [-0.2, -0.15) is 4.98 Å². The van der Waals surface area contributed by atoms with Gasteiger partial charge in [-0.25, -0.2) is 0 Å². The average Bonchev–Trinajstić information content (AvgIpc) is 2.88. The molecule has 0 saturated heterocycles. The monoisotopic (exact) mass is 276 g/mol. The number of carbonyl (C=O) groups is 1. The van der Waals surface area contributed by atoms with Gasteiger partial charge in [-0.05, 0) is 19.2 Å². The molecule has 1 atom stereocenters. The zero-order chi connectivity index (χ0) is 14.5. The van der Waals surface area contributed by atoms with Crippen LogP contribution in [-0.2, 0) is 11.3 Å². The van der Waals surface area contributed by atoms with Crippen LogP contribution in [0.25, 0.3) is 11.5 Å². The SMILES string of the molecule is CC(CN(C)Cc1nc(-c2ccccn2)no1)C(=O)O. The quantitative estimate of drug-likeness (QED) is 0.849. The molecule has 0 aromatic carbocycles. The van der Waals surface area contributed by atoms with Crippen LogP contribution in [0.2, 0.25) is 0 Å². The van der Waals surface area contributed by atoms with Gasteiger partial charge >= 0.3 is 5.97 Å². The minimum Gasteiger partial charge on any atom is -0.481 e. The van der Waals surface area contributed by atoms with Gasteiger partial charge in [0.05, 0.1) is 12.5 Å². The maximum atomic E-state index is 10.8. The van der Waals surface area contributed by atoms with Gasteiger partial charge in [0, 0.05) is 12.7 Å². The molecule has 0 amide bonds. The Kier molecular flexibility index (Phi) is 4.41. The maximum absolute atomic E-state index is 10.8. The fourth-order valence-corrected chi connectivity index (χ4v) is 1.76. The van der Waals surface area contributed by atoms with E-state index >= 15 is 0 Å². The van der Waals surface area contributed by atoms with Gasteiger partial charge in [-0.1, -0.05) is 18.1 Å². The third-order valence-corrected chi connectivity index (χ3v) is 2.77. The van der Waals surface area contributed by atoms with Crippen molar-refractivity contribution in [3.05, 3.63) is 30.3 Å². The molecule has 2 aromatic heterocycles. The Morgan fingerprint density at radius 3 is 2.95 bits per heavy atom. The standard InChI is InChI=1S/C13H16N4O3/c1-9(13(18)19)7-17(2)8-11-15-12(16-20-11)10-5-3-4-6-14-10/h3-6,9H,7-8H2,1-2H3,(H,18,19). The van der Waals surface area contributed by atoms with Gasteiger partial charge in [-0.3, -0.25) is 14.7 Å². The van der Waals surface area contributed by atoms with Crippen LogP contribution in [0.15, 0.2) is 28.9 Å². The lowest BCUT2D eigenvalue weighted by Gasteiger charge is -2.16. The van der Waals surface area contributed by atoms with Crippen molar-refractivity contribution in [1.29, 1.82) is 0 Å². The van der Waals surface area contributed by atoms with Crippen LogP contribution < -0.4 is 0 Å². The molecular weight excluding hydrogens is 260 g/mol. The second kappa shape index (κ2) is 6.25. The normalized spacial score (nSPS) is 12.6. The molecule has 0 aliphatic rings. The summed E-state index contributed by atoms with van der Waals surface area (Å²) in [7, 11) is 1.81. The van der Waals surface area contributed by atoms with E-state index in [1.54, 1.807) is 19.2 Å². The van der Waals surface area contributed by atoms with Crippen molar-refractivity contribution in [3.8, 4) is 11.5 Å². The highest BCUT2D eigenvalue weighted by atomic mass is 16.5. The van der Waals surface area contributed by atoms with E-state index in [2.05, 4.69) is 15.1 Å². The molecule has 2 rings (SSSR count). The van der Waals surface area contributed by atoms with Crippen molar-refractivity contribution in [1.82, 2.24) is 20.0 Å². The summed E-state index contributed by atoms with van der Waals surface area (Å²) in [5.41, 5.74) is 0.643. The number of carboxylic acids is 1. The Morgan fingerprint density at radius 1 is 1.50 bits per heavy atom. The Bertz CT molecular complexity index is 570. The molecule has 0 spiro atoms. The van der Waals surface area contributed by atoms with E-state index < -0.39 is 11.9 Å². The first-order valence-electron chi connectivity index (χ1n) is 6.21. The summed E-state index contributed by atoms with van der Waals surface area (Å²) in [4.78, 5) is 21.0. The molecule has 20 heavy (non-hydrogen) atoms. The fraction of sp³-hybridized carbons (Fsp3) is 0.385. The third kappa shape index (κ3) is 3.61. The summed E-state index contributed by atoms with van der Waals surface area (Å²) in [6.07, 6.45) is 1.66. The molecule has 7 nitrogen and oxygen atoms in total. The van der Waals surface area contributed by atoms with E-state index in [9.17, 15) is 4.79 Å². The smallest absolute Gasteiger partial charge is 0.307 e. The second-order valence-corrected chi connectivity index (χ2v) is 4.66. The molecule has 0 aliphatic heterocycles. The molecule has 7 heteroatoms. The molecule has 0 fully saturated rings. The minimum atomic E-state index is -0.823. The molecule has 0 aliphatic carbocycles. The van der Waals surface area contributed by atoms with Crippen LogP contribution in [0.1, 0.15) is 12.8 Å². The molecule has 2 heterocycles. The Balaban J connectivity index is 1.98. The summed E-state index contributed by atoms with van der Waals surface area (Å²) in [5, 5.41) is 12.7. The molecule has 1 unspecified atom stereocenters. The van der Waals surface area contributed by atoms with Crippen molar-refractivity contribution < 1.29 is 14.4 Å². The third-order valence-electron chi connectivity index (χ3n) is 2.77. The van der Waals surface area contributed by atoms with Crippen LogP contribution in [-0.4, -0.2) is 44.7 Å². The van der Waals surface area contributed by atoms with E-state index in [0.29, 0.717) is 30.5 Å². The van der Waals surface area contributed by atoms with Gasteiger partial charge in [0.15, 0.2) is 0 Å². The van der Waals surface area contributed by atoms with Crippen molar-refractivity contribution in [2.24, 2.45) is 5.92 Å². The summed E-state index contributed by atoms with van der Waals surface area (Å²) < 4.78 is 5.14. The molecule has 0 radical (unpaired) electrons. The number of nitrogens with zero attached hydrogens (tertiary/aromatic N) is 4. The largest absolute Gasteiger partial charge is 0.481 e. The lowest BCUT2D eigenvalue weighted by molar-refractivity contribution is -0.141. The number of aromatic nitrogens is 3. The number of hydrogen-bond donors (Lipinski definition) is 1. The van der Waals surface area contributed by atoms with Gasteiger partial charge in [0.1, 0.15) is 5.69 Å². The van der Waals surface area contributed by atoms with Crippen LogP contribution in [0.3, 0.4) is 0 Å². The minimum absolute atomic E-state index is 0.400. The van der Waals surface area contributed by atoms with Crippen molar-refractivity contribution >= 4 is 5.97 Å². The van der Waals surface area contributed by atoms with Crippen LogP contribution in [0, 0.1) is 5.92 Å². The van der Waals surface area contributed by atoms with E-state index in [0.717, 1.165) is 0 Å². The highest BCUT2D eigenvalue weighted by molar-refractivity contribution is 5.69. The van der Waals surface area contributed by atoms with Crippen LogP contribution in [0.5, 0.6) is 0 Å². The second-order valence-electron chi connectivity index (χ2n) is 4.66. The maximum Gasteiger partial charge on any atom is 0.307 e. The number of carboxylic acid groups (broad SMARTS) is 1. The van der Waals surface area contributed by atoms with Gasteiger partial charge in [-0.15, -0.1) is 0 Å². The Morgan fingerprint density at radius 2 is 2.30 bits per heavy atom. The van der Waals surface area contributed by atoms with Crippen LogP contribution >= 0.6 is 0 Å².